The Kier molecular flexibility index (Phi) is 3.61. The summed E-state index contributed by atoms with van der Waals surface area (Å²) in [6.07, 6.45) is 4.55. The summed E-state index contributed by atoms with van der Waals surface area (Å²) in [5.41, 5.74) is 0.858. The molecule has 0 amide bonds. The average molecular weight is 309 g/mol. The summed E-state index contributed by atoms with van der Waals surface area (Å²) >= 11 is 0. The van der Waals surface area contributed by atoms with Crippen molar-refractivity contribution >= 4 is 16.6 Å². The smallest absolute Gasteiger partial charge is 0.166 e. The van der Waals surface area contributed by atoms with Gasteiger partial charge in [0.25, 0.3) is 0 Å². The SMILES string of the molecule is COc1ccc2cc(C(=O)C3CC4CCC(C3)N4C)ccc2c1. The van der Waals surface area contributed by atoms with Crippen LogP contribution in [0.15, 0.2) is 36.4 Å². The van der Waals surface area contributed by atoms with Crippen LogP contribution in [0.5, 0.6) is 5.75 Å². The van der Waals surface area contributed by atoms with Crippen molar-refractivity contribution in [2.45, 2.75) is 37.8 Å². The number of Topliss-reactive ketones (excluding diaryl/α,β-unsaturated/α-hetero) is 1. The lowest BCUT2D eigenvalue weighted by atomic mass is 9.84. The van der Waals surface area contributed by atoms with Crippen molar-refractivity contribution in [1.82, 2.24) is 4.90 Å². The molecule has 2 aliphatic heterocycles. The third kappa shape index (κ3) is 2.53. The number of rotatable bonds is 3. The van der Waals surface area contributed by atoms with Crippen molar-refractivity contribution in [3.63, 3.8) is 0 Å². The number of ether oxygens (including phenoxy) is 1. The lowest BCUT2D eigenvalue weighted by Gasteiger charge is -2.35. The zero-order valence-electron chi connectivity index (χ0n) is 13.8. The molecule has 120 valence electrons. The van der Waals surface area contributed by atoms with Gasteiger partial charge in [-0.3, -0.25) is 4.79 Å². The third-order valence-corrected chi connectivity index (χ3v) is 5.80. The van der Waals surface area contributed by atoms with Crippen molar-refractivity contribution in [1.29, 1.82) is 0 Å². The number of nitrogens with zero attached hydrogens (tertiary/aromatic N) is 1. The first-order chi connectivity index (χ1) is 11.2. The second kappa shape index (κ2) is 5.64. The molecule has 3 nitrogen and oxygen atoms in total. The average Bonchev–Trinajstić information content (AvgIpc) is 2.80. The van der Waals surface area contributed by atoms with Gasteiger partial charge in [0.1, 0.15) is 5.75 Å². The van der Waals surface area contributed by atoms with Crippen molar-refractivity contribution in [2.75, 3.05) is 14.2 Å². The van der Waals surface area contributed by atoms with Crippen LogP contribution in [0.4, 0.5) is 0 Å². The second-order valence-electron chi connectivity index (χ2n) is 7.01. The Morgan fingerprint density at radius 2 is 1.70 bits per heavy atom. The number of methoxy groups -OCH3 is 1. The Labute approximate surface area is 137 Å². The molecule has 0 aromatic heterocycles. The van der Waals surface area contributed by atoms with E-state index in [1.807, 2.05) is 36.4 Å². The van der Waals surface area contributed by atoms with E-state index in [-0.39, 0.29) is 5.92 Å². The van der Waals surface area contributed by atoms with Gasteiger partial charge in [-0.25, -0.2) is 0 Å². The van der Waals surface area contributed by atoms with Gasteiger partial charge in [0.15, 0.2) is 5.78 Å². The number of hydrogen-bond donors (Lipinski definition) is 0. The van der Waals surface area contributed by atoms with Gasteiger partial charge < -0.3 is 9.64 Å². The predicted molar refractivity (Wildman–Crippen MR) is 92.1 cm³/mol. The Bertz CT molecular complexity index is 740. The second-order valence-corrected chi connectivity index (χ2v) is 7.01. The Morgan fingerprint density at radius 1 is 1.04 bits per heavy atom. The number of piperidine rings is 1. The van der Waals surface area contributed by atoms with Gasteiger partial charge in [0, 0.05) is 23.6 Å². The summed E-state index contributed by atoms with van der Waals surface area (Å²) in [6, 6.07) is 13.3. The largest absolute Gasteiger partial charge is 0.497 e. The van der Waals surface area contributed by atoms with Crippen molar-refractivity contribution in [3.05, 3.63) is 42.0 Å². The van der Waals surface area contributed by atoms with Gasteiger partial charge >= 0.3 is 0 Å². The lowest BCUT2D eigenvalue weighted by molar-refractivity contribution is 0.0767. The fourth-order valence-electron chi connectivity index (χ4n) is 4.37. The first kappa shape index (κ1) is 14.7. The number of benzene rings is 2. The highest BCUT2D eigenvalue weighted by atomic mass is 16.5. The normalized spacial score (nSPS) is 27.3. The molecule has 2 heterocycles. The molecule has 2 aromatic rings. The van der Waals surface area contributed by atoms with Crippen LogP contribution >= 0.6 is 0 Å². The molecule has 2 atom stereocenters. The van der Waals surface area contributed by atoms with Gasteiger partial charge in [0.2, 0.25) is 0 Å². The van der Waals surface area contributed by atoms with Gasteiger partial charge in [-0.2, -0.15) is 0 Å². The molecular formula is C20H23NO2. The number of carbonyl (C=O) groups is 1. The molecule has 2 fully saturated rings. The molecule has 2 aromatic carbocycles. The van der Waals surface area contributed by atoms with Crippen molar-refractivity contribution in [3.8, 4) is 5.75 Å². The van der Waals surface area contributed by atoms with E-state index < -0.39 is 0 Å². The van der Waals surface area contributed by atoms with Crippen LogP contribution in [-0.2, 0) is 0 Å². The van der Waals surface area contributed by atoms with Crippen LogP contribution in [-0.4, -0.2) is 36.9 Å². The highest BCUT2D eigenvalue weighted by Gasteiger charge is 2.40. The Hall–Kier alpha value is -1.87. The Balaban J connectivity index is 1.60. The zero-order valence-corrected chi connectivity index (χ0v) is 13.8. The van der Waals surface area contributed by atoms with E-state index in [2.05, 4.69) is 11.9 Å². The molecule has 0 aliphatic carbocycles. The van der Waals surface area contributed by atoms with E-state index in [0.717, 1.165) is 34.9 Å². The van der Waals surface area contributed by atoms with E-state index in [4.69, 9.17) is 4.74 Å². The van der Waals surface area contributed by atoms with E-state index >= 15 is 0 Å². The first-order valence-electron chi connectivity index (χ1n) is 8.49. The summed E-state index contributed by atoms with van der Waals surface area (Å²) in [7, 11) is 3.89. The van der Waals surface area contributed by atoms with E-state index in [0.29, 0.717) is 17.9 Å². The quantitative estimate of drug-likeness (QED) is 0.805. The van der Waals surface area contributed by atoms with E-state index in [1.54, 1.807) is 7.11 Å². The van der Waals surface area contributed by atoms with Crippen molar-refractivity contribution in [2.24, 2.45) is 5.92 Å². The van der Waals surface area contributed by atoms with Crippen LogP contribution in [0.2, 0.25) is 0 Å². The van der Waals surface area contributed by atoms with Crippen LogP contribution in [0.25, 0.3) is 10.8 Å². The van der Waals surface area contributed by atoms with Crippen molar-refractivity contribution < 1.29 is 9.53 Å². The fourth-order valence-corrected chi connectivity index (χ4v) is 4.37. The minimum atomic E-state index is 0.194. The Morgan fingerprint density at radius 3 is 2.39 bits per heavy atom. The number of ketones is 1. The minimum Gasteiger partial charge on any atom is -0.497 e. The summed E-state index contributed by atoms with van der Waals surface area (Å²) < 4.78 is 5.26. The summed E-state index contributed by atoms with van der Waals surface area (Å²) in [5, 5.41) is 2.22. The molecule has 2 aliphatic rings. The summed E-state index contributed by atoms with van der Waals surface area (Å²) in [6.45, 7) is 0. The molecule has 3 heteroatoms. The van der Waals surface area contributed by atoms with Crippen LogP contribution in [0, 0.1) is 5.92 Å². The standard InChI is InChI=1S/C20H23NO2/c1-21-17-6-7-18(21)11-16(10-17)20(22)15-4-3-14-12-19(23-2)8-5-13(14)9-15/h3-5,8-9,12,16-18H,6-7,10-11H2,1-2H3. The van der Waals surface area contributed by atoms with Crippen LogP contribution in [0.1, 0.15) is 36.0 Å². The molecule has 23 heavy (non-hydrogen) atoms. The van der Waals surface area contributed by atoms with Gasteiger partial charge in [-0.1, -0.05) is 18.2 Å². The zero-order chi connectivity index (χ0) is 16.0. The third-order valence-electron chi connectivity index (χ3n) is 5.80. The van der Waals surface area contributed by atoms with Gasteiger partial charge in [0.05, 0.1) is 7.11 Å². The topological polar surface area (TPSA) is 29.5 Å². The van der Waals surface area contributed by atoms with Crippen LogP contribution < -0.4 is 4.74 Å². The highest BCUT2D eigenvalue weighted by Crippen LogP contribution is 2.38. The van der Waals surface area contributed by atoms with Crippen LogP contribution in [0.3, 0.4) is 0 Å². The maximum Gasteiger partial charge on any atom is 0.166 e. The summed E-state index contributed by atoms with van der Waals surface area (Å²) in [5.74, 6) is 1.37. The highest BCUT2D eigenvalue weighted by molar-refractivity contribution is 6.01. The van der Waals surface area contributed by atoms with E-state index in [9.17, 15) is 4.79 Å². The monoisotopic (exact) mass is 309 g/mol. The van der Waals surface area contributed by atoms with Gasteiger partial charge in [-0.15, -0.1) is 0 Å². The minimum absolute atomic E-state index is 0.194. The molecule has 2 saturated heterocycles. The molecule has 0 spiro atoms. The molecule has 4 rings (SSSR count). The first-order valence-corrected chi connectivity index (χ1v) is 8.49. The number of fused-ring (bicyclic) bond motifs is 3. The molecule has 0 N–H and O–H groups in total. The molecule has 0 saturated carbocycles. The number of carbonyl (C=O) groups excluding carboxylic acids is 1. The lowest BCUT2D eigenvalue weighted by Crippen LogP contribution is -2.42. The molecular weight excluding hydrogens is 286 g/mol. The van der Waals surface area contributed by atoms with E-state index in [1.165, 1.54) is 12.8 Å². The fraction of sp³-hybridized carbons (Fsp3) is 0.450. The maximum atomic E-state index is 12.9. The molecule has 2 unspecified atom stereocenters. The van der Waals surface area contributed by atoms with Gasteiger partial charge in [-0.05, 0) is 61.7 Å². The number of hydrogen-bond acceptors (Lipinski definition) is 3. The predicted octanol–water partition coefficient (Wildman–Crippen LogP) is 3.90. The maximum absolute atomic E-state index is 12.9. The molecule has 2 bridgehead atoms. The summed E-state index contributed by atoms with van der Waals surface area (Å²) in [4.78, 5) is 15.4. The molecule has 0 radical (unpaired) electrons.